The van der Waals surface area contributed by atoms with Gasteiger partial charge in [-0.05, 0) is 55.0 Å². The summed E-state index contributed by atoms with van der Waals surface area (Å²) < 4.78 is 12.9. The van der Waals surface area contributed by atoms with Gasteiger partial charge in [0, 0.05) is 18.8 Å². The Morgan fingerprint density at radius 2 is 1.70 bits per heavy atom. The molecule has 1 saturated heterocycles. The molecular formula is C19H21FN2O. The maximum absolute atomic E-state index is 12.9. The number of halogens is 1. The van der Waals surface area contributed by atoms with Gasteiger partial charge in [0.2, 0.25) is 0 Å². The van der Waals surface area contributed by atoms with Gasteiger partial charge in [0.15, 0.2) is 0 Å². The summed E-state index contributed by atoms with van der Waals surface area (Å²) in [5.41, 5.74) is 1.99. The van der Waals surface area contributed by atoms with E-state index in [0.717, 1.165) is 38.0 Å². The van der Waals surface area contributed by atoms with E-state index >= 15 is 0 Å². The second kappa shape index (κ2) is 7.27. The topological polar surface area (TPSA) is 32.3 Å². The quantitative estimate of drug-likeness (QED) is 0.900. The number of carbonyl (C=O) groups excluding carboxylic acids is 1. The number of carbonyl (C=O) groups is 1. The number of hydrogen-bond donors (Lipinski definition) is 1. The summed E-state index contributed by atoms with van der Waals surface area (Å²) >= 11 is 0. The number of nitrogens with one attached hydrogen (secondary N) is 1. The minimum Gasteiger partial charge on any atom is -0.325 e. The van der Waals surface area contributed by atoms with Crippen molar-refractivity contribution in [3.63, 3.8) is 0 Å². The van der Waals surface area contributed by atoms with Gasteiger partial charge in [0.05, 0.1) is 0 Å². The third kappa shape index (κ3) is 4.31. The highest BCUT2D eigenvalue weighted by Gasteiger charge is 2.22. The molecule has 0 saturated carbocycles. The molecule has 1 aliphatic heterocycles. The van der Waals surface area contributed by atoms with Crippen molar-refractivity contribution in [2.24, 2.45) is 5.92 Å². The Morgan fingerprint density at radius 1 is 1.04 bits per heavy atom. The summed E-state index contributed by atoms with van der Waals surface area (Å²) in [7, 11) is 0. The number of piperidine rings is 1. The molecule has 0 unspecified atom stereocenters. The van der Waals surface area contributed by atoms with Crippen LogP contribution in [-0.4, -0.2) is 24.0 Å². The van der Waals surface area contributed by atoms with Gasteiger partial charge in [-0.25, -0.2) is 9.18 Å². The molecule has 1 heterocycles. The largest absolute Gasteiger partial charge is 0.325 e. The number of likely N-dealkylation sites (tertiary alicyclic amines) is 1. The van der Waals surface area contributed by atoms with E-state index in [9.17, 15) is 9.18 Å². The Bertz CT molecular complexity index is 634. The number of urea groups is 1. The molecule has 120 valence electrons. The van der Waals surface area contributed by atoms with Gasteiger partial charge in [0.25, 0.3) is 0 Å². The Hall–Kier alpha value is -2.36. The van der Waals surface area contributed by atoms with E-state index in [-0.39, 0.29) is 11.8 Å². The first-order valence-electron chi connectivity index (χ1n) is 8.06. The Labute approximate surface area is 136 Å². The number of amides is 2. The van der Waals surface area contributed by atoms with E-state index in [4.69, 9.17) is 0 Å². The number of rotatable bonds is 3. The molecule has 23 heavy (non-hydrogen) atoms. The molecule has 4 heteroatoms. The first-order chi connectivity index (χ1) is 11.2. The number of nitrogens with zero attached hydrogens (tertiary/aromatic N) is 1. The van der Waals surface area contributed by atoms with E-state index < -0.39 is 0 Å². The predicted molar refractivity (Wildman–Crippen MR) is 89.9 cm³/mol. The minimum atomic E-state index is -0.193. The van der Waals surface area contributed by atoms with Crippen LogP contribution in [0.1, 0.15) is 18.4 Å². The third-order valence-electron chi connectivity index (χ3n) is 4.36. The lowest BCUT2D eigenvalue weighted by molar-refractivity contribution is 0.182. The zero-order chi connectivity index (χ0) is 16.1. The third-order valence-corrected chi connectivity index (χ3v) is 4.36. The van der Waals surface area contributed by atoms with E-state index in [1.54, 1.807) is 0 Å². The van der Waals surface area contributed by atoms with Crippen LogP contribution in [0.2, 0.25) is 0 Å². The summed E-state index contributed by atoms with van der Waals surface area (Å²) in [6.07, 6.45) is 2.92. The van der Waals surface area contributed by atoms with Gasteiger partial charge < -0.3 is 10.2 Å². The van der Waals surface area contributed by atoms with E-state index in [0.29, 0.717) is 5.92 Å². The molecule has 0 bridgehead atoms. The van der Waals surface area contributed by atoms with Crippen LogP contribution in [0.15, 0.2) is 54.6 Å². The fraction of sp³-hybridized carbons (Fsp3) is 0.316. The Balaban J connectivity index is 1.48. The highest BCUT2D eigenvalue weighted by Crippen LogP contribution is 2.22. The van der Waals surface area contributed by atoms with Crippen molar-refractivity contribution in [1.82, 2.24) is 4.90 Å². The highest BCUT2D eigenvalue weighted by atomic mass is 19.1. The number of benzene rings is 2. The minimum absolute atomic E-state index is 0.0311. The molecular weight excluding hydrogens is 291 g/mol. The SMILES string of the molecule is O=C(Nc1ccccc1)N1CCC(Cc2ccc(F)cc2)CC1. The van der Waals surface area contributed by atoms with E-state index in [1.807, 2.05) is 47.4 Å². The molecule has 0 aromatic heterocycles. The lowest BCUT2D eigenvalue weighted by atomic mass is 9.90. The first kappa shape index (κ1) is 15.5. The molecule has 0 atom stereocenters. The van der Waals surface area contributed by atoms with Gasteiger partial charge in [0.1, 0.15) is 5.82 Å². The molecule has 2 aromatic rings. The van der Waals surface area contributed by atoms with E-state index in [2.05, 4.69) is 5.32 Å². The molecule has 2 aromatic carbocycles. The normalized spacial score (nSPS) is 15.4. The van der Waals surface area contributed by atoms with Crippen LogP contribution in [0, 0.1) is 11.7 Å². The second-order valence-electron chi connectivity index (χ2n) is 6.06. The summed E-state index contributed by atoms with van der Waals surface area (Å²) in [5, 5.41) is 2.93. The van der Waals surface area contributed by atoms with Crippen LogP contribution in [0.5, 0.6) is 0 Å². The van der Waals surface area contributed by atoms with Crippen LogP contribution in [0.4, 0.5) is 14.9 Å². The van der Waals surface area contributed by atoms with Gasteiger partial charge in [-0.3, -0.25) is 0 Å². The van der Waals surface area contributed by atoms with Crippen molar-refractivity contribution in [2.75, 3.05) is 18.4 Å². The fourth-order valence-corrected chi connectivity index (χ4v) is 3.02. The lowest BCUT2D eigenvalue weighted by Crippen LogP contribution is -2.41. The molecule has 1 fully saturated rings. The highest BCUT2D eigenvalue weighted by molar-refractivity contribution is 5.89. The molecule has 1 N–H and O–H groups in total. The van der Waals surface area contributed by atoms with Gasteiger partial charge in [-0.1, -0.05) is 30.3 Å². The maximum Gasteiger partial charge on any atom is 0.321 e. The summed E-state index contributed by atoms with van der Waals surface area (Å²) in [6, 6.07) is 16.2. The van der Waals surface area contributed by atoms with Crippen molar-refractivity contribution >= 4 is 11.7 Å². The van der Waals surface area contributed by atoms with Crippen LogP contribution in [0.3, 0.4) is 0 Å². The van der Waals surface area contributed by atoms with Crippen molar-refractivity contribution in [1.29, 1.82) is 0 Å². The number of anilines is 1. The average Bonchev–Trinajstić information content (AvgIpc) is 2.58. The van der Waals surface area contributed by atoms with Crippen molar-refractivity contribution in [2.45, 2.75) is 19.3 Å². The molecule has 3 rings (SSSR count). The van der Waals surface area contributed by atoms with Gasteiger partial charge >= 0.3 is 6.03 Å². The summed E-state index contributed by atoms with van der Waals surface area (Å²) in [6.45, 7) is 1.54. The van der Waals surface area contributed by atoms with Crippen LogP contribution >= 0.6 is 0 Å². The van der Waals surface area contributed by atoms with Crippen LogP contribution in [0.25, 0.3) is 0 Å². The summed E-state index contributed by atoms with van der Waals surface area (Å²) in [5.74, 6) is 0.363. The molecule has 3 nitrogen and oxygen atoms in total. The van der Waals surface area contributed by atoms with Gasteiger partial charge in [-0.15, -0.1) is 0 Å². The Kier molecular flexibility index (Phi) is 4.91. The first-order valence-corrected chi connectivity index (χ1v) is 8.06. The lowest BCUT2D eigenvalue weighted by Gasteiger charge is -2.32. The van der Waals surface area contributed by atoms with E-state index in [1.165, 1.54) is 17.7 Å². The number of para-hydroxylation sites is 1. The second-order valence-corrected chi connectivity index (χ2v) is 6.06. The molecule has 2 amide bonds. The van der Waals surface area contributed by atoms with Crippen molar-refractivity contribution in [3.8, 4) is 0 Å². The number of hydrogen-bond acceptors (Lipinski definition) is 1. The molecule has 0 aliphatic carbocycles. The smallest absolute Gasteiger partial charge is 0.321 e. The molecule has 0 spiro atoms. The Morgan fingerprint density at radius 3 is 2.35 bits per heavy atom. The standard InChI is InChI=1S/C19H21FN2O/c20-17-8-6-15(7-9-17)14-16-10-12-22(13-11-16)19(23)21-18-4-2-1-3-5-18/h1-9,16H,10-14H2,(H,21,23). The van der Waals surface area contributed by atoms with Crippen LogP contribution in [-0.2, 0) is 6.42 Å². The predicted octanol–water partition coefficient (Wildman–Crippen LogP) is 4.31. The zero-order valence-corrected chi connectivity index (χ0v) is 13.0. The molecule has 1 aliphatic rings. The zero-order valence-electron chi connectivity index (χ0n) is 13.0. The van der Waals surface area contributed by atoms with Gasteiger partial charge in [-0.2, -0.15) is 0 Å². The average molecular weight is 312 g/mol. The van der Waals surface area contributed by atoms with Crippen molar-refractivity contribution < 1.29 is 9.18 Å². The van der Waals surface area contributed by atoms with Crippen molar-refractivity contribution in [3.05, 3.63) is 66.0 Å². The fourth-order valence-electron chi connectivity index (χ4n) is 3.02. The molecule has 0 radical (unpaired) electrons. The monoisotopic (exact) mass is 312 g/mol. The summed E-state index contributed by atoms with van der Waals surface area (Å²) in [4.78, 5) is 14.1. The van der Waals surface area contributed by atoms with Crippen LogP contribution < -0.4 is 5.32 Å². The maximum atomic E-state index is 12.9.